The molecule has 0 aliphatic rings. The van der Waals surface area contributed by atoms with Crippen LogP contribution in [-0.4, -0.2) is 93.5 Å². The van der Waals surface area contributed by atoms with E-state index < -0.39 is 77.7 Å². The van der Waals surface area contributed by atoms with Crippen LogP contribution in [-0.2, 0) is 35.1 Å². The molecule has 2 rings (SSSR count). The number of thioether (sulfide) groups is 1. The number of nitrogens with one attached hydrogen (secondary N) is 5. The molecule has 0 aliphatic heterocycles. The minimum Gasteiger partial charge on any atom is -0.481 e. The lowest BCUT2D eigenvalue weighted by atomic mass is 9.91. The Bertz CT molecular complexity index is 1420. The van der Waals surface area contributed by atoms with Gasteiger partial charge < -0.3 is 41.8 Å². The smallest absolute Gasteiger partial charge is 0.408 e. The maximum absolute atomic E-state index is 13.7. The predicted molar refractivity (Wildman–Crippen MR) is 180 cm³/mol. The van der Waals surface area contributed by atoms with Gasteiger partial charge in [0.25, 0.3) is 0 Å². The number of ketones is 1. The highest BCUT2D eigenvalue weighted by atomic mass is 32.2. The van der Waals surface area contributed by atoms with Crippen molar-refractivity contribution in [1.29, 1.82) is 0 Å². The Morgan fingerprint density at radius 2 is 1.62 bits per heavy atom. The number of aliphatic carboxylic acids is 1. The van der Waals surface area contributed by atoms with Gasteiger partial charge >= 0.3 is 12.1 Å². The number of hydrogen-bond acceptors (Lipinski definition) is 9. The molecule has 0 aliphatic carbocycles. The summed E-state index contributed by atoms with van der Waals surface area (Å²) in [7, 11) is 0. The molecule has 4 amide bonds. The van der Waals surface area contributed by atoms with Crippen molar-refractivity contribution in [2.24, 2.45) is 5.73 Å². The summed E-state index contributed by atoms with van der Waals surface area (Å²) in [5.74, 6) is -3.76. The zero-order valence-corrected chi connectivity index (χ0v) is 28.7. The predicted octanol–water partition coefficient (Wildman–Crippen LogP) is 2.00. The molecule has 0 fully saturated rings. The van der Waals surface area contributed by atoms with Crippen molar-refractivity contribution in [1.82, 2.24) is 26.3 Å². The van der Waals surface area contributed by atoms with E-state index in [2.05, 4.69) is 26.3 Å². The first-order valence-corrected chi connectivity index (χ1v) is 16.8. The number of para-hydroxylation sites is 1. The highest BCUT2D eigenvalue weighted by molar-refractivity contribution is 7.98. The van der Waals surface area contributed by atoms with Crippen LogP contribution in [0.5, 0.6) is 0 Å². The van der Waals surface area contributed by atoms with Gasteiger partial charge in [0.05, 0.1) is 18.0 Å². The maximum atomic E-state index is 13.7. The molecule has 0 radical (unpaired) electrons. The number of benzene rings is 1. The van der Waals surface area contributed by atoms with E-state index in [1.807, 2.05) is 37.4 Å². The average molecular weight is 677 g/mol. The van der Waals surface area contributed by atoms with Crippen LogP contribution in [0.1, 0.15) is 65.9 Å². The quantitative estimate of drug-likeness (QED) is 0.122. The Morgan fingerprint density at radius 1 is 0.979 bits per heavy atom. The third-order valence-electron chi connectivity index (χ3n) is 7.03. The molecular weight excluding hydrogens is 628 g/mol. The van der Waals surface area contributed by atoms with Gasteiger partial charge in [0.1, 0.15) is 17.7 Å². The standard InChI is InChI=1S/C32H48N6O8S/c1-7-13-34-29(44)32(5,33)17-25(39)23(16-26(40)41)37-27(42)22(12-14-47-6)36-28(43)24(38-30(45)46-31(2,3)4)15-19-18-35-21-11-9-8-10-20(19)21/h8-11,18,22-24,35H,7,12-17,33H2,1-6H3,(H,34,44)(H,36,43)(H,37,42)(H,38,45)(H,40,41)/t22-,23-,24-,32?/m0/s1. The van der Waals surface area contributed by atoms with E-state index in [-0.39, 0.29) is 12.8 Å². The van der Waals surface area contributed by atoms with Crippen molar-refractivity contribution < 1.29 is 38.6 Å². The van der Waals surface area contributed by atoms with Crippen molar-refractivity contribution in [2.45, 2.75) is 96.0 Å². The fourth-order valence-corrected chi connectivity index (χ4v) is 5.13. The molecule has 1 heterocycles. The number of alkyl carbamates (subject to hydrolysis) is 1. The first-order chi connectivity index (χ1) is 22.0. The van der Waals surface area contributed by atoms with Crippen LogP contribution in [0.25, 0.3) is 10.9 Å². The van der Waals surface area contributed by atoms with Crippen molar-refractivity contribution in [3.05, 3.63) is 36.0 Å². The van der Waals surface area contributed by atoms with Crippen molar-refractivity contribution in [3.63, 3.8) is 0 Å². The monoisotopic (exact) mass is 676 g/mol. The summed E-state index contributed by atoms with van der Waals surface area (Å²) in [6, 6.07) is 3.58. The molecule has 1 aromatic carbocycles. The number of amides is 4. The Balaban J connectivity index is 2.31. The highest BCUT2D eigenvalue weighted by Crippen LogP contribution is 2.20. The number of nitrogens with two attached hydrogens (primary N) is 1. The van der Waals surface area contributed by atoms with Gasteiger partial charge in [-0.1, -0.05) is 25.1 Å². The summed E-state index contributed by atoms with van der Waals surface area (Å²) in [6.45, 7) is 8.60. The van der Waals surface area contributed by atoms with Crippen molar-refractivity contribution >= 4 is 58.2 Å². The van der Waals surface area contributed by atoms with Crippen LogP contribution >= 0.6 is 11.8 Å². The van der Waals surface area contributed by atoms with Crippen LogP contribution in [0.3, 0.4) is 0 Å². The first-order valence-electron chi connectivity index (χ1n) is 15.4. The molecule has 0 saturated carbocycles. The molecule has 0 saturated heterocycles. The van der Waals surface area contributed by atoms with Crippen LogP contribution in [0.2, 0.25) is 0 Å². The lowest BCUT2D eigenvalue weighted by molar-refractivity contribution is -0.141. The van der Waals surface area contributed by atoms with E-state index >= 15 is 0 Å². The summed E-state index contributed by atoms with van der Waals surface area (Å²) in [5.41, 5.74) is 5.18. The summed E-state index contributed by atoms with van der Waals surface area (Å²) < 4.78 is 5.38. The van der Waals surface area contributed by atoms with Crippen LogP contribution in [0, 0.1) is 0 Å². The van der Waals surface area contributed by atoms with E-state index in [4.69, 9.17) is 10.5 Å². The van der Waals surface area contributed by atoms with Gasteiger partial charge in [-0.25, -0.2) is 4.79 Å². The van der Waals surface area contributed by atoms with E-state index in [1.165, 1.54) is 18.7 Å². The van der Waals surface area contributed by atoms with Crippen molar-refractivity contribution in [2.75, 3.05) is 18.6 Å². The normalized spacial score (nSPS) is 14.6. The van der Waals surface area contributed by atoms with Crippen molar-refractivity contribution in [3.8, 4) is 0 Å². The lowest BCUT2D eigenvalue weighted by Gasteiger charge is -2.27. The van der Waals surface area contributed by atoms with Gasteiger partial charge in [-0.3, -0.25) is 24.0 Å². The van der Waals surface area contributed by atoms with Gasteiger partial charge in [-0.05, 0) is 64.2 Å². The Hall–Kier alpha value is -4.11. The van der Waals surface area contributed by atoms with Crippen LogP contribution in [0.4, 0.5) is 4.79 Å². The number of ether oxygens (including phenoxy) is 1. The molecule has 47 heavy (non-hydrogen) atoms. The number of aromatic amines is 1. The van der Waals surface area contributed by atoms with E-state index in [1.54, 1.807) is 27.0 Å². The number of carboxylic acids is 1. The number of hydrogen-bond donors (Lipinski definition) is 7. The van der Waals surface area contributed by atoms with Gasteiger partial charge in [-0.15, -0.1) is 0 Å². The summed E-state index contributed by atoms with van der Waals surface area (Å²) in [5, 5.41) is 20.7. The molecule has 1 aromatic heterocycles. The number of aromatic nitrogens is 1. The number of rotatable bonds is 18. The third kappa shape index (κ3) is 12.9. The third-order valence-corrected chi connectivity index (χ3v) is 7.67. The van der Waals surface area contributed by atoms with E-state index in [0.29, 0.717) is 18.7 Å². The molecule has 4 atom stereocenters. The number of carbonyl (C=O) groups excluding carboxylic acids is 5. The Labute approximate surface area is 279 Å². The molecule has 15 heteroatoms. The number of Topliss-reactive ketones (excluding diaryl/α,β-unsaturated/α-hetero) is 1. The highest BCUT2D eigenvalue weighted by Gasteiger charge is 2.36. The topological polar surface area (TPSA) is 222 Å². The second-order valence-corrected chi connectivity index (χ2v) is 13.6. The number of carbonyl (C=O) groups is 6. The fourth-order valence-electron chi connectivity index (χ4n) is 4.65. The fraction of sp³-hybridized carbons (Fsp3) is 0.562. The molecule has 8 N–H and O–H groups in total. The van der Waals surface area contributed by atoms with Gasteiger partial charge in [0, 0.05) is 36.5 Å². The zero-order valence-electron chi connectivity index (χ0n) is 27.9. The molecule has 2 aromatic rings. The minimum absolute atomic E-state index is 0.0568. The van der Waals surface area contributed by atoms with E-state index in [0.717, 1.165) is 16.5 Å². The average Bonchev–Trinajstić information content (AvgIpc) is 3.38. The lowest BCUT2D eigenvalue weighted by Crippen LogP contribution is -2.58. The SMILES string of the molecule is CCCNC(=O)C(C)(N)CC(=O)[C@H](CC(=O)O)NC(=O)[C@H](CCSC)NC(=O)[C@H](Cc1c[nH]c2ccccc12)NC(=O)OC(C)(C)C. The van der Waals surface area contributed by atoms with Crippen LogP contribution in [0.15, 0.2) is 30.5 Å². The summed E-state index contributed by atoms with van der Waals surface area (Å²) in [4.78, 5) is 80.5. The zero-order chi connectivity index (χ0) is 35.4. The number of carboxylic acid groups (broad SMARTS) is 1. The number of fused-ring (bicyclic) bond motifs is 1. The largest absolute Gasteiger partial charge is 0.481 e. The maximum Gasteiger partial charge on any atom is 0.408 e. The van der Waals surface area contributed by atoms with E-state index in [9.17, 15) is 33.9 Å². The van der Waals surface area contributed by atoms with Crippen LogP contribution < -0.4 is 27.0 Å². The molecule has 260 valence electrons. The van der Waals surface area contributed by atoms with Gasteiger partial charge in [0.2, 0.25) is 17.7 Å². The second-order valence-electron chi connectivity index (χ2n) is 12.6. The molecule has 0 bridgehead atoms. The molecule has 0 spiro atoms. The first kappa shape index (κ1) is 39.1. The second kappa shape index (κ2) is 17.7. The molecular formula is C32H48N6O8S. The molecule has 1 unspecified atom stereocenters. The Morgan fingerprint density at radius 3 is 2.23 bits per heavy atom. The summed E-state index contributed by atoms with van der Waals surface area (Å²) in [6.07, 6.45) is 2.25. The number of H-pyrrole nitrogens is 1. The molecule has 14 nitrogen and oxygen atoms in total. The minimum atomic E-state index is -1.65. The van der Waals surface area contributed by atoms with Gasteiger partial charge in [-0.2, -0.15) is 11.8 Å². The van der Waals surface area contributed by atoms with Gasteiger partial charge in [0.15, 0.2) is 5.78 Å². The Kier molecular flexibility index (Phi) is 14.7. The summed E-state index contributed by atoms with van der Waals surface area (Å²) >= 11 is 1.41.